The lowest BCUT2D eigenvalue weighted by molar-refractivity contribution is 0.315. The lowest BCUT2D eigenvalue weighted by Gasteiger charge is -2.08. The van der Waals surface area contributed by atoms with Gasteiger partial charge in [-0.05, 0) is 42.8 Å². The van der Waals surface area contributed by atoms with Gasteiger partial charge in [-0.1, -0.05) is 18.2 Å². The summed E-state index contributed by atoms with van der Waals surface area (Å²) in [6.07, 6.45) is 2.06. The Morgan fingerprint density at radius 2 is 1.67 bits per heavy atom. The molecule has 0 aliphatic carbocycles. The third-order valence-electron chi connectivity index (χ3n) is 2.94. The van der Waals surface area contributed by atoms with Crippen molar-refractivity contribution in [1.29, 1.82) is 0 Å². The molecule has 0 aromatic heterocycles. The third kappa shape index (κ3) is 5.11. The van der Waals surface area contributed by atoms with Crippen LogP contribution in [-0.4, -0.2) is 27.8 Å². The molecule has 5 heteroatoms. The summed E-state index contributed by atoms with van der Waals surface area (Å²) >= 11 is 0. The molecule has 0 heterocycles. The van der Waals surface area contributed by atoms with Gasteiger partial charge in [0, 0.05) is 18.5 Å². The van der Waals surface area contributed by atoms with E-state index in [2.05, 4.69) is 5.32 Å². The van der Waals surface area contributed by atoms with Gasteiger partial charge in [0.05, 0.1) is 11.5 Å². The molecule has 0 fully saturated rings. The zero-order valence-electron chi connectivity index (χ0n) is 12.0. The summed E-state index contributed by atoms with van der Waals surface area (Å²) in [5.41, 5.74) is 1.09. The molecule has 4 nitrogen and oxygen atoms in total. The number of sulfone groups is 1. The largest absolute Gasteiger partial charge is 0.494 e. The standard InChI is InChI=1S/C16H19NO3S/c1-21(18,19)16-10-8-15(9-11-16)20-13-5-12-17-14-6-3-2-4-7-14/h2-4,6-11,17H,5,12-13H2,1H3. The quantitative estimate of drug-likeness (QED) is 0.799. The van der Waals surface area contributed by atoms with E-state index in [0.29, 0.717) is 17.3 Å². The van der Waals surface area contributed by atoms with E-state index in [0.717, 1.165) is 18.7 Å². The Morgan fingerprint density at radius 1 is 1.00 bits per heavy atom. The lowest BCUT2D eigenvalue weighted by atomic mass is 10.3. The second kappa shape index (κ2) is 7.13. The maximum Gasteiger partial charge on any atom is 0.175 e. The highest BCUT2D eigenvalue weighted by atomic mass is 32.2. The molecular weight excluding hydrogens is 286 g/mol. The molecule has 1 N–H and O–H groups in total. The first kappa shape index (κ1) is 15.4. The van der Waals surface area contributed by atoms with Crippen LogP contribution in [0.1, 0.15) is 6.42 Å². The van der Waals surface area contributed by atoms with Crippen LogP contribution in [0.3, 0.4) is 0 Å². The first-order valence-corrected chi connectivity index (χ1v) is 8.67. The topological polar surface area (TPSA) is 55.4 Å². The van der Waals surface area contributed by atoms with Gasteiger partial charge >= 0.3 is 0 Å². The fourth-order valence-electron chi connectivity index (χ4n) is 1.83. The average Bonchev–Trinajstić information content (AvgIpc) is 2.47. The first-order chi connectivity index (χ1) is 10.1. The number of para-hydroxylation sites is 1. The van der Waals surface area contributed by atoms with Crippen molar-refractivity contribution < 1.29 is 13.2 Å². The van der Waals surface area contributed by atoms with Crippen LogP contribution in [0.2, 0.25) is 0 Å². The monoisotopic (exact) mass is 305 g/mol. The van der Waals surface area contributed by atoms with Crippen molar-refractivity contribution in [3.05, 3.63) is 54.6 Å². The number of ether oxygens (including phenoxy) is 1. The van der Waals surface area contributed by atoms with Crippen LogP contribution in [0.25, 0.3) is 0 Å². The third-order valence-corrected chi connectivity index (χ3v) is 4.07. The van der Waals surface area contributed by atoms with Crippen LogP contribution < -0.4 is 10.1 Å². The summed E-state index contributed by atoms with van der Waals surface area (Å²) in [5, 5.41) is 3.30. The molecular formula is C16H19NO3S. The van der Waals surface area contributed by atoms with Gasteiger partial charge in [-0.15, -0.1) is 0 Å². The maximum atomic E-state index is 11.3. The van der Waals surface area contributed by atoms with Crippen LogP contribution >= 0.6 is 0 Å². The molecule has 2 aromatic rings. The van der Waals surface area contributed by atoms with Gasteiger partial charge in [-0.2, -0.15) is 0 Å². The van der Waals surface area contributed by atoms with Crippen molar-refractivity contribution in [2.24, 2.45) is 0 Å². The number of benzene rings is 2. The lowest BCUT2D eigenvalue weighted by Crippen LogP contribution is -2.07. The van der Waals surface area contributed by atoms with Crippen LogP contribution in [0.15, 0.2) is 59.5 Å². The fraction of sp³-hybridized carbons (Fsp3) is 0.250. The van der Waals surface area contributed by atoms with Gasteiger partial charge in [0.25, 0.3) is 0 Å². The Morgan fingerprint density at radius 3 is 2.29 bits per heavy atom. The number of hydrogen-bond acceptors (Lipinski definition) is 4. The molecule has 2 rings (SSSR count). The van der Waals surface area contributed by atoms with Crippen LogP contribution in [-0.2, 0) is 9.84 Å². The van der Waals surface area contributed by atoms with Crippen molar-refractivity contribution in [1.82, 2.24) is 0 Å². The van der Waals surface area contributed by atoms with Crippen molar-refractivity contribution in [2.75, 3.05) is 24.7 Å². The van der Waals surface area contributed by atoms with E-state index in [4.69, 9.17) is 4.74 Å². The number of rotatable bonds is 7. The second-order valence-electron chi connectivity index (χ2n) is 4.74. The van der Waals surface area contributed by atoms with E-state index < -0.39 is 9.84 Å². The van der Waals surface area contributed by atoms with Crippen LogP contribution in [0.4, 0.5) is 5.69 Å². The fourth-order valence-corrected chi connectivity index (χ4v) is 2.46. The summed E-state index contributed by atoms with van der Waals surface area (Å²) in [6.45, 7) is 1.41. The SMILES string of the molecule is CS(=O)(=O)c1ccc(OCCCNc2ccccc2)cc1. The van der Waals surface area contributed by atoms with E-state index in [1.807, 2.05) is 30.3 Å². The highest BCUT2D eigenvalue weighted by molar-refractivity contribution is 7.90. The summed E-state index contributed by atoms with van der Waals surface area (Å²) in [7, 11) is -3.14. The molecule has 0 saturated carbocycles. The van der Waals surface area contributed by atoms with Crippen molar-refractivity contribution in [3.8, 4) is 5.75 Å². The molecule has 0 spiro atoms. The number of nitrogens with one attached hydrogen (secondary N) is 1. The maximum absolute atomic E-state index is 11.3. The van der Waals surface area contributed by atoms with E-state index in [-0.39, 0.29) is 0 Å². The zero-order chi connectivity index (χ0) is 15.1. The van der Waals surface area contributed by atoms with E-state index in [1.165, 1.54) is 6.26 Å². The minimum atomic E-state index is -3.14. The Balaban J connectivity index is 1.71. The van der Waals surface area contributed by atoms with Crippen LogP contribution in [0.5, 0.6) is 5.75 Å². The summed E-state index contributed by atoms with van der Waals surface area (Å²) < 4.78 is 28.2. The predicted molar refractivity (Wildman–Crippen MR) is 84.6 cm³/mol. The van der Waals surface area contributed by atoms with E-state index in [1.54, 1.807) is 24.3 Å². The Kier molecular flexibility index (Phi) is 5.22. The number of hydrogen-bond donors (Lipinski definition) is 1. The average molecular weight is 305 g/mol. The highest BCUT2D eigenvalue weighted by Crippen LogP contribution is 2.16. The molecule has 0 saturated heterocycles. The molecule has 0 amide bonds. The molecule has 2 aromatic carbocycles. The number of anilines is 1. The van der Waals surface area contributed by atoms with E-state index >= 15 is 0 Å². The predicted octanol–water partition coefficient (Wildman–Crippen LogP) is 2.97. The molecule has 0 unspecified atom stereocenters. The molecule has 0 atom stereocenters. The summed E-state index contributed by atoms with van der Waals surface area (Å²) in [4.78, 5) is 0.306. The van der Waals surface area contributed by atoms with Crippen LogP contribution in [0, 0.1) is 0 Å². The molecule has 0 aliphatic heterocycles. The Hall–Kier alpha value is -2.01. The van der Waals surface area contributed by atoms with Gasteiger partial charge in [-0.3, -0.25) is 0 Å². The highest BCUT2D eigenvalue weighted by Gasteiger charge is 2.06. The zero-order valence-corrected chi connectivity index (χ0v) is 12.8. The van der Waals surface area contributed by atoms with Gasteiger partial charge in [0.15, 0.2) is 9.84 Å². The van der Waals surface area contributed by atoms with Crippen molar-refractivity contribution >= 4 is 15.5 Å². The molecule has 0 bridgehead atoms. The smallest absolute Gasteiger partial charge is 0.175 e. The minimum Gasteiger partial charge on any atom is -0.494 e. The molecule has 0 radical (unpaired) electrons. The summed E-state index contributed by atoms with van der Waals surface area (Å²) in [5.74, 6) is 0.683. The van der Waals surface area contributed by atoms with Gasteiger partial charge in [0.2, 0.25) is 0 Å². The normalized spacial score (nSPS) is 11.1. The van der Waals surface area contributed by atoms with Crippen molar-refractivity contribution in [2.45, 2.75) is 11.3 Å². The van der Waals surface area contributed by atoms with E-state index in [9.17, 15) is 8.42 Å². The Bertz CT molecular complexity index is 652. The minimum absolute atomic E-state index is 0.306. The van der Waals surface area contributed by atoms with Gasteiger partial charge in [-0.25, -0.2) is 8.42 Å². The first-order valence-electron chi connectivity index (χ1n) is 6.77. The van der Waals surface area contributed by atoms with Gasteiger partial charge in [0.1, 0.15) is 5.75 Å². The second-order valence-corrected chi connectivity index (χ2v) is 6.75. The molecule has 0 aliphatic rings. The van der Waals surface area contributed by atoms with Gasteiger partial charge < -0.3 is 10.1 Å². The Labute approximate surface area is 125 Å². The molecule has 21 heavy (non-hydrogen) atoms. The summed E-state index contributed by atoms with van der Waals surface area (Å²) in [6, 6.07) is 16.5. The van der Waals surface area contributed by atoms with Crippen molar-refractivity contribution in [3.63, 3.8) is 0 Å². The molecule has 112 valence electrons.